The number of halogens is 5. The van der Waals surface area contributed by atoms with E-state index in [0.717, 1.165) is 4.68 Å². The predicted octanol–water partition coefficient (Wildman–Crippen LogP) is 2.74. The highest BCUT2D eigenvalue weighted by molar-refractivity contribution is 6.32. The molecule has 0 aliphatic carbocycles. The molecule has 212 valence electrons. The number of hydrogen-bond acceptors (Lipinski definition) is 7. The van der Waals surface area contributed by atoms with Crippen molar-refractivity contribution < 1.29 is 28.2 Å². The molecule has 0 radical (unpaired) electrons. The SMILES string of the molecule is CC(=O)NC(CO)c1nc(Cn2nc(-c3ccc(Cl)cc3)n(C[C@H](O)C(F)(F)F)c2=O)nn1-c1ccccc1Cl. The van der Waals surface area contributed by atoms with Crippen molar-refractivity contribution >= 4 is 29.1 Å². The molecule has 11 nitrogen and oxygen atoms in total. The normalized spacial score (nSPS) is 13.3. The highest BCUT2D eigenvalue weighted by atomic mass is 35.5. The largest absolute Gasteiger partial charge is 0.416 e. The van der Waals surface area contributed by atoms with Gasteiger partial charge in [-0.15, -0.1) is 10.2 Å². The maximum absolute atomic E-state index is 13.2. The number of carbonyl (C=O) groups is 1. The molecule has 0 fully saturated rings. The van der Waals surface area contributed by atoms with Crippen LogP contribution in [0.5, 0.6) is 0 Å². The van der Waals surface area contributed by atoms with Crippen LogP contribution in [-0.2, 0) is 17.9 Å². The number of rotatable bonds is 9. The Kier molecular flexibility index (Phi) is 8.63. The lowest BCUT2D eigenvalue weighted by molar-refractivity contribution is -0.207. The van der Waals surface area contributed by atoms with E-state index in [-0.39, 0.29) is 28.1 Å². The van der Waals surface area contributed by atoms with E-state index in [2.05, 4.69) is 20.5 Å². The van der Waals surface area contributed by atoms with E-state index in [9.17, 15) is 33.0 Å². The molecule has 0 saturated heterocycles. The van der Waals surface area contributed by atoms with Gasteiger partial charge in [0.15, 0.2) is 23.6 Å². The van der Waals surface area contributed by atoms with Crippen LogP contribution in [0.2, 0.25) is 10.0 Å². The predicted molar refractivity (Wildman–Crippen MR) is 138 cm³/mol. The number of para-hydroxylation sites is 1. The summed E-state index contributed by atoms with van der Waals surface area (Å²) < 4.78 is 42.3. The standard InChI is InChI=1S/C24H22Cl2F3N7O4/c1-13(38)30-17(12-37)22-31-20(32-36(22)18-5-3-2-4-16(18)26)11-35-23(40)34(10-19(39)24(27,28)29)21(33-35)14-6-8-15(25)9-7-14/h2-9,17,19,37,39H,10-12H2,1H3,(H,30,38)/t17?,19-/m0/s1. The van der Waals surface area contributed by atoms with Crippen LogP contribution >= 0.6 is 23.2 Å². The van der Waals surface area contributed by atoms with Gasteiger partial charge in [-0.2, -0.15) is 13.2 Å². The van der Waals surface area contributed by atoms with Gasteiger partial charge < -0.3 is 15.5 Å². The molecule has 16 heteroatoms. The molecule has 0 spiro atoms. The quantitative estimate of drug-likeness (QED) is 0.269. The first-order valence-corrected chi connectivity index (χ1v) is 12.4. The molecule has 0 bridgehead atoms. The van der Waals surface area contributed by atoms with Crippen LogP contribution in [0.25, 0.3) is 17.1 Å². The van der Waals surface area contributed by atoms with Crippen molar-refractivity contribution in [3.05, 3.63) is 80.7 Å². The second kappa shape index (κ2) is 11.8. The minimum Gasteiger partial charge on any atom is -0.394 e. The minimum atomic E-state index is -4.98. The molecule has 2 atom stereocenters. The number of benzene rings is 2. The number of hydrogen-bond donors (Lipinski definition) is 3. The van der Waals surface area contributed by atoms with Crippen molar-refractivity contribution in [3.8, 4) is 17.1 Å². The number of aliphatic hydroxyl groups excluding tert-OH is 2. The van der Waals surface area contributed by atoms with Crippen molar-refractivity contribution in [2.24, 2.45) is 0 Å². The minimum absolute atomic E-state index is 0.0236. The zero-order valence-corrected chi connectivity index (χ0v) is 22.2. The van der Waals surface area contributed by atoms with Crippen LogP contribution in [0.1, 0.15) is 24.6 Å². The van der Waals surface area contributed by atoms with E-state index in [0.29, 0.717) is 15.3 Å². The third-order valence-electron chi connectivity index (χ3n) is 5.68. The van der Waals surface area contributed by atoms with Crippen LogP contribution < -0.4 is 11.0 Å². The van der Waals surface area contributed by atoms with Crippen molar-refractivity contribution in [2.75, 3.05) is 6.61 Å². The van der Waals surface area contributed by atoms with Gasteiger partial charge in [-0.1, -0.05) is 35.3 Å². The van der Waals surface area contributed by atoms with Gasteiger partial charge in [-0.25, -0.2) is 19.1 Å². The molecule has 0 aliphatic rings. The van der Waals surface area contributed by atoms with Crippen molar-refractivity contribution in [1.29, 1.82) is 0 Å². The van der Waals surface area contributed by atoms with Gasteiger partial charge in [0, 0.05) is 17.5 Å². The van der Waals surface area contributed by atoms with Crippen molar-refractivity contribution in [2.45, 2.75) is 38.3 Å². The summed E-state index contributed by atoms with van der Waals surface area (Å²) in [6, 6.07) is 11.4. The van der Waals surface area contributed by atoms with Gasteiger partial charge in [0.2, 0.25) is 5.91 Å². The Morgan fingerprint density at radius 1 is 1.10 bits per heavy atom. The van der Waals surface area contributed by atoms with Crippen LogP contribution in [0.4, 0.5) is 13.2 Å². The number of aliphatic hydroxyl groups is 2. The third kappa shape index (κ3) is 6.36. The summed E-state index contributed by atoms with van der Waals surface area (Å²) in [6.45, 7) is -0.814. The summed E-state index contributed by atoms with van der Waals surface area (Å²) in [5, 5.41) is 31.4. The summed E-state index contributed by atoms with van der Waals surface area (Å²) in [5.74, 6) is -0.550. The zero-order chi connectivity index (χ0) is 29.2. The van der Waals surface area contributed by atoms with Gasteiger partial charge in [0.1, 0.15) is 12.6 Å². The van der Waals surface area contributed by atoms with Crippen molar-refractivity contribution in [3.63, 3.8) is 0 Å². The Hall–Kier alpha value is -3.72. The second-order valence-corrected chi connectivity index (χ2v) is 9.47. The van der Waals surface area contributed by atoms with Crippen LogP contribution in [0.3, 0.4) is 0 Å². The lowest BCUT2D eigenvalue weighted by atomic mass is 10.2. The first-order chi connectivity index (χ1) is 18.9. The average molecular weight is 600 g/mol. The molecule has 2 aromatic carbocycles. The summed E-state index contributed by atoms with van der Waals surface area (Å²) in [5.41, 5.74) is -0.338. The van der Waals surface area contributed by atoms with E-state index in [4.69, 9.17) is 23.2 Å². The summed E-state index contributed by atoms with van der Waals surface area (Å²) in [4.78, 5) is 29.3. The molecule has 4 aromatic rings. The van der Waals surface area contributed by atoms with Crippen LogP contribution in [-0.4, -0.2) is 64.1 Å². The number of aromatic nitrogens is 6. The van der Waals surface area contributed by atoms with E-state index < -0.39 is 49.6 Å². The first-order valence-electron chi connectivity index (χ1n) is 11.7. The molecule has 4 rings (SSSR count). The fraction of sp³-hybridized carbons (Fsp3) is 0.292. The zero-order valence-electron chi connectivity index (χ0n) is 20.7. The van der Waals surface area contributed by atoms with Gasteiger partial charge >= 0.3 is 11.9 Å². The number of amides is 1. The Bertz CT molecular complexity index is 1570. The molecular weight excluding hydrogens is 578 g/mol. The maximum Gasteiger partial charge on any atom is 0.416 e. The average Bonchev–Trinajstić information content (AvgIpc) is 3.44. The topological polar surface area (TPSA) is 140 Å². The fourth-order valence-electron chi connectivity index (χ4n) is 3.83. The molecule has 0 saturated carbocycles. The molecule has 1 unspecified atom stereocenters. The molecule has 2 heterocycles. The molecular formula is C24H22Cl2F3N7O4. The molecule has 2 aromatic heterocycles. The smallest absolute Gasteiger partial charge is 0.394 e. The van der Waals surface area contributed by atoms with E-state index >= 15 is 0 Å². The van der Waals surface area contributed by atoms with Gasteiger partial charge in [-0.3, -0.25) is 9.36 Å². The van der Waals surface area contributed by atoms with E-state index in [1.54, 1.807) is 24.3 Å². The number of nitrogens with zero attached hydrogens (tertiary/aromatic N) is 6. The highest BCUT2D eigenvalue weighted by Gasteiger charge is 2.39. The number of nitrogens with one attached hydrogen (secondary N) is 1. The summed E-state index contributed by atoms with van der Waals surface area (Å²) in [6.07, 6.45) is -7.81. The monoisotopic (exact) mass is 599 g/mol. The Morgan fingerprint density at radius 3 is 2.38 bits per heavy atom. The van der Waals surface area contributed by atoms with Crippen LogP contribution in [0.15, 0.2) is 53.3 Å². The molecule has 1 amide bonds. The van der Waals surface area contributed by atoms with E-state index in [1.165, 1.54) is 35.9 Å². The lowest BCUT2D eigenvalue weighted by Crippen LogP contribution is -2.37. The summed E-state index contributed by atoms with van der Waals surface area (Å²) in [7, 11) is 0. The molecule has 40 heavy (non-hydrogen) atoms. The van der Waals surface area contributed by atoms with Crippen LogP contribution in [0, 0.1) is 0 Å². The van der Waals surface area contributed by atoms with Gasteiger partial charge in [-0.05, 0) is 36.4 Å². The van der Waals surface area contributed by atoms with Gasteiger partial charge in [0.05, 0.1) is 23.9 Å². The summed E-state index contributed by atoms with van der Waals surface area (Å²) >= 11 is 12.3. The van der Waals surface area contributed by atoms with E-state index in [1.807, 2.05) is 0 Å². The van der Waals surface area contributed by atoms with Gasteiger partial charge in [0.25, 0.3) is 0 Å². The maximum atomic E-state index is 13.2. The second-order valence-electron chi connectivity index (χ2n) is 8.62. The highest BCUT2D eigenvalue weighted by Crippen LogP contribution is 2.25. The number of alkyl halides is 3. The molecule has 3 N–H and O–H groups in total. The Labute approximate surface area is 234 Å². The third-order valence-corrected chi connectivity index (χ3v) is 6.25. The Balaban J connectivity index is 1.81. The molecule has 0 aliphatic heterocycles. The number of carbonyl (C=O) groups excluding carboxylic acids is 1. The lowest BCUT2D eigenvalue weighted by Gasteiger charge is -2.16. The fourth-order valence-corrected chi connectivity index (χ4v) is 4.17. The Morgan fingerprint density at radius 2 is 1.77 bits per heavy atom. The first kappa shape index (κ1) is 29.3. The van der Waals surface area contributed by atoms with Crippen molar-refractivity contribution in [1.82, 2.24) is 34.4 Å².